The summed E-state index contributed by atoms with van der Waals surface area (Å²) >= 11 is 0. The number of benzene rings is 2. The Labute approximate surface area is 122 Å². The quantitative estimate of drug-likeness (QED) is 0.506. The predicted octanol–water partition coefficient (Wildman–Crippen LogP) is -0.840. The molecule has 0 aliphatic rings. The maximum absolute atomic E-state index is 6.03. The van der Waals surface area contributed by atoms with Crippen LogP contribution in [0.3, 0.4) is 0 Å². The van der Waals surface area contributed by atoms with Crippen molar-refractivity contribution in [2.24, 2.45) is 0 Å². The van der Waals surface area contributed by atoms with Crippen LogP contribution < -0.4 is 29.2 Å². The van der Waals surface area contributed by atoms with E-state index < -0.39 is 8.32 Å². The van der Waals surface area contributed by atoms with Crippen LogP contribution in [0.5, 0.6) is 0 Å². The fourth-order valence-corrected chi connectivity index (χ4v) is 4.62. The van der Waals surface area contributed by atoms with Crippen molar-refractivity contribution in [2.75, 3.05) is 6.61 Å². The zero-order valence-electron chi connectivity index (χ0n) is 11.1. The van der Waals surface area contributed by atoms with E-state index in [0.29, 0.717) is 6.61 Å². The first-order chi connectivity index (χ1) is 8.27. The Morgan fingerprint density at radius 2 is 1.28 bits per heavy atom. The summed E-state index contributed by atoms with van der Waals surface area (Å²) in [4.78, 5) is 0. The molecule has 0 aliphatic heterocycles. The van der Waals surface area contributed by atoms with E-state index in [-0.39, 0.29) is 18.9 Å². The third-order valence-corrected chi connectivity index (χ3v) is 6.18. The van der Waals surface area contributed by atoms with Crippen LogP contribution in [0.4, 0.5) is 0 Å². The van der Waals surface area contributed by atoms with Crippen LogP contribution in [0.25, 0.3) is 0 Å². The van der Waals surface area contributed by atoms with Gasteiger partial charge in [0.15, 0.2) is 0 Å². The zero-order chi connectivity index (χ0) is 12.1. The van der Waals surface area contributed by atoms with Gasteiger partial charge < -0.3 is 11.0 Å². The SMILES string of the molecule is [CH2-][Si](OCC)(c1ccccc1)c1ccccc1.[Li+]. The largest absolute Gasteiger partial charge is 1.00 e. The van der Waals surface area contributed by atoms with Crippen LogP contribution in [-0.4, -0.2) is 14.9 Å². The van der Waals surface area contributed by atoms with Crippen molar-refractivity contribution in [1.29, 1.82) is 0 Å². The number of hydrogen-bond donors (Lipinski definition) is 0. The van der Waals surface area contributed by atoms with Gasteiger partial charge in [-0.05, 0) is 6.92 Å². The minimum atomic E-state index is -2.25. The van der Waals surface area contributed by atoms with Gasteiger partial charge in [-0.25, -0.2) is 0 Å². The van der Waals surface area contributed by atoms with Crippen molar-refractivity contribution >= 4 is 18.7 Å². The maximum atomic E-state index is 6.03. The third kappa shape index (κ3) is 3.15. The Morgan fingerprint density at radius 1 is 0.889 bits per heavy atom. The van der Waals surface area contributed by atoms with Crippen LogP contribution >= 0.6 is 0 Å². The summed E-state index contributed by atoms with van der Waals surface area (Å²) in [6, 6.07) is 20.7. The molecule has 0 fully saturated rings. The van der Waals surface area contributed by atoms with E-state index in [4.69, 9.17) is 4.43 Å². The summed E-state index contributed by atoms with van der Waals surface area (Å²) in [5, 5.41) is 2.43. The molecule has 0 amide bonds. The van der Waals surface area contributed by atoms with Gasteiger partial charge in [-0.2, -0.15) is 0 Å². The Bertz CT molecular complexity index is 419. The van der Waals surface area contributed by atoms with Gasteiger partial charge in [0, 0.05) is 6.61 Å². The smallest absolute Gasteiger partial charge is 0.438 e. The second-order valence-corrected chi connectivity index (χ2v) is 7.09. The fourth-order valence-electron chi connectivity index (χ4n) is 1.99. The van der Waals surface area contributed by atoms with Crippen LogP contribution in [0.1, 0.15) is 6.92 Å². The van der Waals surface area contributed by atoms with E-state index in [1.807, 2.05) is 43.3 Å². The van der Waals surface area contributed by atoms with Crippen molar-refractivity contribution in [2.45, 2.75) is 6.92 Å². The summed E-state index contributed by atoms with van der Waals surface area (Å²) in [7, 11) is -2.25. The number of hydrogen-bond acceptors (Lipinski definition) is 1. The normalized spacial score (nSPS) is 10.8. The summed E-state index contributed by atoms with van der Waals surface area (Å²) in [5.41, 5.74) is 0. The van der Waals surface area contributed by atoms with Gasteiger partial charge in [0.25, 0.3) is 0 Å². The van der Waals surface area contributed by atoms with Crippen LogP contribution in [0.2, 0.25) is 0 Å². The molecular formula is C15H17LiOSi. The topological polar surface area (TPSA) is 9.23 Å². The average Bonchev–Trinajstić information content (AvgIpc) is 2.41. The van der Waals surface area contributed by atoms with E-state index in [0.717, 1.165) is 0 Å². The minimum absolute atomic E-state index is 0. The maximum Gasteiger partial charge on any atom is 1.00 e. The summed E-state index contributed by atoms with van der Waals surface area (Å²) in [5.74, 6) is 0. The first kappa shape index (κ1) is 15.3. The summed E-state index contributed by atoms with van der Waals surface area (Å²) in [6.07, 6.45) is 0. The van der Waals surface area contributed by atoms with Crippen molar-refractivity contribution in [1.82, 2.24) is 0 Å². The van der Waals surface area contributed by atoms with Gasteiger partial charge in [-0.1, -0.05) is 71.0 Å². The molecule has 0 radical (unpaired) electrons. The van der Waals surface area contributed by atoms with Crippen molar-refractivity contribution in [3.8, 4) is 0 Å². The van der Waals surface area contributed by atoms with Gasteiger partial charge in [0.2, 0.25) is 0 Å². The summed E-state index contributed by atoms with van der Waals surface area (Å²) < 4.78 is 6.03. The molecule has 3 heteroatoms. The van der Waals surface area contributed by atoms with Crippen LogP contribution in [0.15, 0.2) is 60.7 Å². The minimum Gasteiger partial charge on any atom is -0.438 e. The molecule has 0 saturated heterocycles. The van der Waals surface area contributed by atoms with Gasteiger partial charge in [0.1, 0.15) is 8.32 Å². The molecule has 2 aromatic rings. The Hall–Kier alpha value is -0.786. The van der Waals surface area contributed by atoms with Gasteiger partial charge in [-0.15, -0.1) is 0 Å². The molecule has 0 unspecified atom stereocenters. The fraction of sp³-hybridized carbons (Fsp3) is 0.133. The molecule has 0 saturated carbocycles. The molecule has 0 N–H and O–H groups in total. The molecule has 88 valence electrons. The van der Waals surface area contributed by atoms with Crippen LogP contribution in [0, 0.1) is 6.55 Å². The number of rotatable bonds is 4. The first-order valence-corrected chi connectivity index (χ1v) is 7.99. The molecule has 0 bridgehead atoms. The van der Waals surface area contributed by atoms with Crippen molar-refractivity contribution in [3.63, 3.8) is 0 Å². The van der Waals surface area contributed by atoms with E-state index in [2.05, 4.69) is 30.8 Å². The Balaban J connectivity index is 0.00000162. The van der Waals surface area contributed by atoms with E-state index in [9.17, 15) is 0 Å². The molecule has 0 aliphatic carbocycles. The van der Waals surface area contributed by atoms with Gasteiger partial charge >= 0.3 is 18.9 Å². The average molecular weight is 248 g/mol. The standard InChI is InChI=1S/C15H17OSi.Li/c1-3-16-17(2,14-10-6-4-7-11-14)15-12-8-5-9-13-15;/h4-13H,2-3H2,1H3;/q-1;+1. The molecule has 2 rings (SSSR count). The van der Waals surface area contributed by atoms with Crippen molar-refractivity contribution in [3.05, 3.63) is 67.2 Å². The molecule has 0 aromatic heterocycles. The van der Waals surface area contributed by atoms with Crippen LogP contribution in [-0.2, 0) is 4.43 Å². The predicted molar refractivity (Wildman–Crippen MR) is 74.9 cm³/mol. The Morgan fingerprint density at radius 3 is 1.61 bits per heavy atom. The Kier molecular flexibility index (Phi) is 5.91. The van der Waals surface area contributed by atoms with E-state index in [1.54, 1.807) is 0 Å². The molecular weight excluding hydrogens is 231 g/mol. The molecule has 1 nitrogen and oxygen atoms in total. The molecule has 0 heterocycles. The zero-order valence-corrected chi connectivity index (χ0v) is 12.1. The summed E-state index contributed by atoms with van der Waals surface area (Å²) in [6.45, 7) is 7.14. The second-order valence-electron chi connectivity index (χ2n) is 3.99. The second kappa shape index (κ2) is 6.96. The first-order valence-electron chi connectivity index (χ1n) is 5.87. The molecule has 0 spiro atoms. The van der Waals surface area contributed by atoms with Gasteiger partial charge in [0.05, 0.1) is 0 Å². The van der Waals surface area contributed by atoms with Crippen molar-refractivity contribution < 1.29 is 23.3 Å². The van der Waals surface area contributed by atoms with E-state index >= 15 is 0 Å². The monoisotopic (exact) mass is 248 g/mol. The van der Waals surface area contributed by atoms with E-state index in [1.165, 1.54) is 10.4 Å². The molecule has 18 heavy (non-hydrogen) atoms. The third-order valence-electron chi connectivity index (χ3n) is 2.87. The molecule has 2 aromatic carbocycles. The van der Waals surface area contributed by atoms with Gasteiger partial charge in [-0.3, -0.25) is 0 Å². The molecule has 0 atom stereocenters.